The second-order valence-corrected chi connectivity index (χ2v) is 19.2. The van der Waals surface area contributed by atoms with Crippen molar-refractivity contribution >= 4 is 17.9 Å². The van der Waals surface area contributed by atoms with Crippen molar-refractivity contribution in [2.24, 2.45) is 0 Å². The van der Waals surface area contributed by atoms with E-state index in [0.717, 1.165) is 70.6 Å². The Balaban J connectivity index is 4.47. The van der Waals surface area contributed by atoms with Crippen LogP contribution in [-0.4, -0.2) is 37.2 Å². The van der Waals surface area contributed by atoms with Crippen molar-refractivity contribution in [1.82, 2.24) is 0 Å². The molecular formula is C63H108O6. The molecule has 396 valence electrons. The summed E-state index contributed by atoms with van der Waals surface area (Å²) < 4.78 is 16.8. The summed E-state index contributed by atoms with van der Waals surface area (Å²) >= 11 is 0. The minimum Gasteiger partial charge on any atom is -0.462 e. The molecule has 0 amide bonds. The molecule has 0 aromatic rings. The van der Waals surface area contributed by atoms with E-state index in [-0.39, 0.29) is 37.5 Å². The molecule has 0 N–H and O–H groups in total. The van der Waals surface area contributed by atoms with Gasteiger partial charge in [0.25, 0.3) is 0 Å². The maximum atomic E-state index is 12.8. The van der Waals surface area contributed by atoms with Gasteiger partial charge in [-0.05, 0) is 109 Å². The number of rotatable bonds is 52. The molecule has 69 heavy (non-hydrogen) atoms. The monoisotopic (exact) mass is 961 g/mol. The van der Waals surface area contributed by atoms with Crippen molar-refractivity contribution in [1.29, 1.82) is 0 Å². The lowest BCUT2D eigenvalue weighted by atomic mass is 10.1. The highest BCUT2D eigenvalue weighted by Crippen LogP contribution is 2.14. The second-order valence-electron chi connectivity index (χ2n) is 19.2. The van der Waals surface area contributed by atoms with E-state index < -0.39 is 6.10 Å². The maximum absolute atomic E-state index is 12.8. The fourth-order valence-corrected chi connectivity index (χ4v) is 7.95. The van der Waals surface area contributed by atoms with Crippen LogP contribution in [0.15, 0.2) is 85.1 Å². The number of allylic oxidation sites excluding steroid dienone is 14. The summed E-state index contributed by atoms with van der Waals surface area (Å²) in [6.07, 6.45) is 74.3. The average molecular weight is 962 g/mol. The molecule has 6 nitrogen and oxygen atoms in total. The third-order valence-electron chi connectivity index (χ3n) is 12.4. The summed E-state index contributed by atoms with van der Waals surface area (Å²) in [6.45, 7) is 6.54. The van der Waals surface area contributed by atoms with Gasteiger partial charge in [-0.1, -0.05) is 234 Å². The summed E-state index contributed by atoms with van der Waals surface area (Å²) in [5.41, 5.74) is 0. The van der Waals surface area contributed by atoms with Crippen molar-refractivity contribution in [2.75, 3.05) is 13.2 Å². The van der Waals surface area contributed by atoms with E-state index in [1.54, 1.807) is 0 Å². The van der Waals surface area contributed by atoms with Crippen LogP contribution in [0.4, 0.5) is 0 Å². The Morgan fingerprint density at radius 2 is 0.580 bits per heavy atom. The molecule has 1 atom stereocenters. The predicted octanol–water partition coefficient (Wildman–Crippen LogP) is 19.5. The number of ether oxygens (including phenoxy) is 3. The van der Waals surface area contributed by atoms with Crippen molar-refractivity contribution in [2.45, 2.75) is 284 Å². The van der Waals surface area contributed by atoms with Gasteiger partial charge in [-0.15, -0.1) is 0 Å². The minimum absolute atomic E-state index is 0.104. The van der Waals surface area contributed by atoms with Crippen molar-refractivity contribution in [3.63, 3.8) is 0 Å². The van der Waals surface area contributed by atoms with E-state index in [0.29, 0.717) is 19.3 Å². The molecule has 0 saturated heterocycles. The van der Waals surface area contributed by atoms with Crippen molar-refractivity contribution in [3.8, 4) is 0 Å². The molecule has 0 heterocycles. The topological polar surface area (TPSA) is 78.9 Å². The summed E-state index contributed by atoms with van der Waals surface area (Å²) in [5.74, 6) is -0.971. The lowest BCUT2D eigenvalue weighted by Crippen LogP contribution is -2.30. The van der Waals surface area contributed by atoms with Gasteiger partial charge >= 0.3 is 17.9 Å². The molecule has 0 aliphatic carbocycles. The van der Waals surface area contributed by atoms with Gasteiger partial charge in [0.05, 0.1) is 0 Å². The first-order valence-electron chi connectivity index (χ1n) is 29.1. The quantitative estimate of drug-likeness (QED) is 0.0199. The zero-order chi connectivity index (χ0) is 50.0. The summed E-state index contributed by atoms with van der Waals surface area (Å²) in [7, 11) is 0. The van der Waals surface area contributed by atoms with Gasteiger partial charge in [0, 0.05) is 19.3 Å². The molecule has 0 rings (SSSR count). The van der Waals surface area contributed by atoms with Crippen LogP contribution < -0.4 is 0 Å². The zero-order valence-electron chi connectivity index (χ0n) is 45.3. The molecule has 0 spiro atoms. The molecule has 0 aromatic heterocycles. The Bertz CT molecular complexity index is 1330. The van der Waals surface area contributed by atoms with Crippen LogP contribution >= 0.6 is 0 Å². The second kappa shape index (κ2) is 57.2. The van der Waals surface area contributed by atoms with Gasteiger partial charge in [-0.25, -0.2) is 0 Å². The molecule has 0 radical (unpaired) electrons. The maximum Gasteiger partial charge on any atom is 0.306 e. The molecule has 6 heteroatoms. The van der Waals surface area contributed by atoms with E-state index in [4.69, 9.17) is 14.2 Å². The van der Waals surface area contributed by atoms with Crippen LogP contribution in [-0.2, 0) is 28.6 Å². The molecule has 0 aliphatic heterocycles. The summed E-state index contributed by atoms with van der Waals surface area (Å²) in [5, 5.41) is 0. The largest absolute Gasteiger partial charge is 0.462 e. The fourth-order valence-electron chi connectivity index (χ4n) is 7.95. The van der Waals surface area contributed by atoms with Crippen LogP contribution in [0.25, 0.3) is 0 Å². The average Bonchev–Trinajstić information content (AvgIpc) is 3.35. The smallest absolute Gasteiger partial charge is 0.306 e. The highest BCUT2D eigenvalue weighted by molar-refractivity contribution is 5.71. The highest BCUT2D eigenvalue weighted by atomic mass is 16.6. The van der Waals surface area contributed by atoms with E-state index >= 15 is 0 Å². The van der Waals surface area contributed by atoms with E-state index in [1.807, 2.05) is 0 Å². The molecule has 0 aromatic carbocycles. The fraction of sp³-hybridized carbons (Fsp3) is 0.730. The van der Waals surface area contributed by atoms with E-state index in [1.165, 1.54) is 161 Å². The third-order valence-corrected chi connectivity index (χ3v) is 12.4. The molecule has 0 saturated carbocycles. The SMILES string of the molecule is CCCCC/C=C\C=C/CCCCCCCCC(=O)OCC(COC(=O)CCCCCCCCC/C=C\CCCCCCCCCC)OC(=O)CCC/C=C\C/C=C\C/C=C\C/C=C\CCCCC. The van der Waals surface area contributed by atoms with Crippen molar-refractivity contribution in [3.05, 3.63) is 85.1 Å². The minimum atomic E-state index is -0.813. The normalized spacial score (nSPS) is 12.7. The van der Waals surface area contributed by atoms with Gasteiger partial charge in [-0.2, -0.15) is 0 Å². The number of carbonyl (C=O) groups excluding carboxylic acids is 3. The number of hydrogen-bond donors (Lipinski definition) is 0. The first kappa shape index (κ1) is 65.6. The Labute approximate surface area is 426 Å². The first-order valence-corrected chi connectivity index (χ1v) is 29.1. The van der Waals surface area contributed by atoms with Crippen molar-refractivity contribution < 1.29 is 28.6 Å². The molecule has 0 bridgehead atoms. The lowest BCUT2D eigenvalue weighted by molar-refractivity contribution is -0.167. The number of hydrogen-bond acceptors (Lipinski definition) is 6. The van der Waals surface area contributed by atoms with Crippen LogP contribution in [0.5, 0.6) is 0 Å². The van der Waals surface area contributed by atoms with Gasteiger partial charge in [0.2, 0.25) is 0 Å². The standard InChI is InChI=1S/C63H108O6/c1-4-7-10-13-16-19-22-25-28-30-31-33-35-38-41-44-47-50-53-56-62(65)68-59-60(58-67-61(64)55-52-49-46-43-40-37-34-27-24-21-18-15-12-9-6-3)69-63(66)57-54-51-48-45-42-39-36-32-29-26-23-20-17-14-11-8-5-2/h17-18,20-21,24,26-27,29-31,36,39,45,48,60H,4-16,19,22-23,25,28,32-35,37-38,40-44,46-47,49-59H2,1-3H3/b20-17-,21-18-,27-24-,29-26-,31-30-,39-36-,48-45-. The third kappa shape index (κ3) is 55.4. The van der Waals surface area contributed by atoms with E-state index in [2.05, 4.69) is 106 Å². The lowest BCUT2D eigenvalue weighted by Gasteiger charge is -2.18. The predicted molar refractivity (Wildman–Crippen MR) is 297 cm³/mol. The van der Waals surface area contributed by atoms with E-state index in [9.17, 15) is 14.4 Å². The molecule has 0 fully saturated rings. The van der Waals surface area contributed by atoms with Gasteiger partial charge in [0.1, 0.15) is 13.2 Å². The summed E-state index contributed by atoms with van der Waals surface area (Å²) in [6, 6.07) is 0. The van der Waals surface area contributed by atoms with Crippen LogP contribution in [0, 0.1) is 0 Å². The summed E-state index contributed by atoms with van der Waals surface area (Å²) in [4.78, 5) is 38.1. The number of unbranched alkanes of at least 4 members (excludes halogenated alkanes) is 28. The molecular weight excluding hydrogens is 853 g/mol. The number of carbonyl (C=O) groups is 3. The van der Waals surface area contributed by atoms with Crippen LogP contribution in [0.1, 0.15) is 278 Å². The Kier molecular flexibility index (Phi) is 54.3. The molecule has 0 aliphatic rings. The Hall–Kier alpha value is -3.41. The van der Waals surface area contributed by atoms with Gasteiger partial charge < -0.3 is 14.2 Å². The van der Waals surface area contributed by atoms with Gasteiger partial charge in [-0.3, -0.25) is 14.4 Å². The zero-order valence-corrected chi connectivity index (χ0v) is 45.3. The van der Waals surface area contributed by atoms with Crippen LogP contribution in [0.3, 0.4) is 0 Å². The van der Waals surface area contributed by atoms with Crippen LogP contribution in [0.2, 0.25) is 0 Å². The molecule has 1 unspecified atom stereocenters. The van der Waals surface area contributed by atoms with Gasteiger partial charge in [0.15, 0.2) is 6.10 Å². The Morgan fingerprint density at radius 3 is 0.986 bits per heavy atom. The first-order chi connectivity index (χ1) is 34.0. The highest BCUT2D eigenvalue weighted by Gasteiger charge is 2.19. The number of esters is 3. The Morgan fingerprint density at radius 1 is 0.304 bits per heavy atom.